The Hall–Kier alpha value is -1.98. The summed E-state index contributed by atoms with van der Waals surface area (Å²) in [5.74, 6) is 0.841. The highest BCUT2D eigenvalue weighted by molar-refractivity contribution is 6.30. The fraction of sp³-hybridized carbons (Fsp3) is 0.389. The van der Waals surface area contributed by atoms with Crippen molar-refractivity contribution in [2.75, 3.05) is 21.2 Å². The maximum Gasteiger partial charge on any atom is 0.194 e. The zero-order chi connectivity index (χ0) is 17.5. The molecule has 0 atom stereocenters. The van der Waals surface area contributed by atoms with Gasteiger partial charge in [0.1, 0.15) is 0 Å². The van der Waals surface area contributed by atoms with E-state index in [-0.39, 0.29) is 0 Å². The molecular formula is C18H25ClN4O. The summed E-state index contributed by atoms with van der Waals surface area (Å²) in [6.45, 7) is 2.09. The predicted octanol–water partition coefficient (Wildman–Crippen LogP) is 3.03. The summed E-state index contributed by atoms with van der Waals surface area (Å²) < 4.78 is 7.16. The molecule has 0 fully saturated rings. The minimum atomic E-state index is 0.636. The maximum atomic E-state index is 6.04. The summed E-state index contributed by atoms with van der Waals surface area (Å²) in [6, 6.07) is 10.3. The van der Waals surface area contributed by atoms with Crippen LogP contribution in [0.4, 0.5) is 0 Å². The third-order valence-corrected chi connectivity index (χ3v) is 4.04. The molecule has 0 radical (unpaired) electrons. The van der Waals surface area contributed by atoms with Gasteiger partial charge < -0.3 is 19.5 Å². The number of hydrogen-bond acceptors (Lipinski definition) is 2. The largest absolute Gasteiger partial charge is 0.380 e. The molecule has 2 rings (SSSR count). The van der Waals surface area contributed by atoms with E-state index in [0.29, 0.717) is 6.61 Å². The topological polar surface area (TPSA) is 41.8 Å². The van der Waals surface area contributed by atoms with Crippen molar-refractivity contribution >= 4 is 17.6 Å². The van der Waals surface area contributed by atoms with Crippen LogP contribution in [0.25, 0.3) is 0 Å². The van der Waals surface area contributed by atoms with Crippen LogP contribution in [0.2, 0.25) is 5.02 Å². The number of nitrogens with one attached hydrogen (secondary N) is 1. The van der Waals surface area contributed by atoms with Crippen molar-refractivity contribution in [3.05, 3.63) is 58.4 Å². The number of halogens is 1. The van der Waals surface area contributed by atoms with Crippen LogP contribution in [0.15, 0.2) is 41.5 Å². The molecule has 0 spiro atoms. The molecule has 0 saturated heterocycles. The van der Waals surface area contributed by atoms with E-state index in [1.165, 1.54) is 11.1 Å². The van der Waals surface area contributed by atoms with Gasteiger partial charge >= 0.3 is 0 Å². The van der Waals surface area contributed by atoms with Gasteiger partial charge in [0.15, 0.2) is 5.96 Å². The predicted molar refractivity (Wildman–Crippen MR) is 99.2 cm³/mol. The molecular weight excluding hydrogens is 324 g/mol. The highest BCUT2D eigenvalue weighted by Gasteiger charge is 2.09. The third-order valence-electron chi connectivity index (χ3n) is 3.83. The van der Waals surface area contributed by atoms with Gasteiger partial charge in [-0.1, -0.05) is 35.9 Å². The number of aromatic nitrogens is 1. The molecule has 130 valence electrons. The Morgan fingerprint density at radius 2 is 1.96 bits per heavy atom. The molecule has 0 aliphatic rings. The Balaban J connectivity index is 1.92. The van der Waals surface area contributed by atoms with E-state index in [1.807, 2.05) is 30.9 Å². The van der Waals surface area contributed by atoms with Crippen molar-refractivity contribution in [2.45, 2.75) is 19.7 Å². The Labute approximate surface area is 148 Å². The number of methoxy groups -OCH3 is 1. The smallest absolute Gasteiger partial charge is 0.194 e. The molecule has 1 aromatic heterocycles. The quantitative estimate of drug-likeness (QED) is 0.644. The van der Waals surface area contributed by atoms with Crippen LogP contribution in [0.5, 0.6) is 0 Å². The Morgan fingerprint density at radius 3 is 2.50 bits per heavy atom. The Bertz CT molecular complexity index is 679. The molecule has 0 aliphatic carbocycles. The molecule has 6 heteroatoms. The van der Waals surface area contributed by atoms with Gasteiger partial charge in [0, 0.05) is 46.7 Å². The van der Waals surface area contributed by atoms with Crippen molar-refractivity contribution in [2.24, 2.45) is 12.0 Å². The lowest BCUT2D eigenvalue weighted by Gasteiger charge is -2.22. The van der Waals surface area contributed by atoms with Gasteiger partial charge in [0.25, 0.3) is 0 Å². The van der Waals surface area contributed by atoms with E-state index >= 15 is 0 Å². The lowest BCUT2D eigenvalue weighted by Crippen LogP contribution is -2.38. The van der Waals surface area contributed by atoms with E-state index in [4.69, 9.17) is 16.3 Å². The highest BCUT2D eigenvalue weighted by atomic mass is 35.5. The lowest BCUT2D eigenvalue weighted by atomic mass is 10.1. The molecule has 0 aliphatic heterocycles. The number of benzene rings is 1. The number of aryl methyl sites for hydroxylation is 1. The van der Waals surface area contributed by atoms with Gasteiger partial charge in [-0.2, -0.15) is 0 Å². The van der Waals surface area contributed by atoms with Gasteiger partial charge in [-0.15, -0.1) is 0 Å². The van der Waals surface area contributed by atoms with E-state index in [1.54, 1.807) is 14.2 Å². The third kappa shape index (κ3) is 5.01. The monoisotopic (exact) mass is 348 g/mol. The molecule has 0 saturated carbocycles. The first-order valence-electron chi connectivity index (χ1n) is 7.82. The van der Waals surface area contributed by atoms with Crippen LogP contribution in [0, 0.1) is 0 Å². The molecule has 1 aromatic carbocycles. The summed E-state index contributed by atoms with van der Waals surface area (Å²) in [6.07, 6.45) is 1.91. The average Bonchev–Trinajstić information content (AvgIpc) is 2.87. The number of aliphatic imine (C=N–C) groups is 1. The van der Waals surface area contributed by atoms with Crippen LogP contribution in [-0.2, 0) is 31.5 Å². The van der Waals surface area contributed by atoms with Gasteiger partial charge in [0.05, 0.1) is 18.2 Å². The summed E-state index contributed by atoms with van der Waals surface area (Å²) >= 11 is 6.04. The van der Waals surface area contributed by atoms with Crippen LogP contribution in [-0.4, -0.2) is 36.6 Å². The summed E-state index contributed by atoms with van der Waals surface area (Å²) in [5, 5.41) is 4.14. The number of guanidine groups is 1. The number of rotatable bonds is 6. The van der Waals surface area contributed by atoms with Gasteiger partial charge in [-0.25, -0.2) is 0 Å². The van der Waals surface area contributed by atoms with E-state index < -0.39 is 0 Å². The lowest BCUT2D eigenvalue weighted by molar-refractivity contribution is 0.185. The van der Waals surface area contributed by atoms with Crippen molar-refractivity contribution < 1.29 is 4.74 Å². The molecule has 24 heavy (non-hydrogen) atoms. The summed E-state index contributed by atoms with van der Waals surface area (Å²) in [5.41, 5.74) is 3.50. The summed E-state index contributed by atoms with van der Waals surface area (Å²) in [7, 11) is 7.50. The molecule has 1 heterocycles. The van der Waals surface area contributed by atoms with Crippen molar-refractivity contribution in [1.29, 1.82) is 0 Å². The Morgan fingerprint density at radius 1 is 1.29 bits per heavy atom. The number of nitrogens with zero attached hydrogens (tertiary/aromatic N) is 3. The molecule has 0 unspecified atom stereocenters. The van der Waals surface area contributed by atoms with Crippen LogP contribution in [0.3, 0.4) is 0 Å². The normalized spacial score (nSPS) is 11.6. The molecule has 5 nitrogen and oxygen atoms in total. The van der Waals surface area contributed by atoms with Crippen LogP contribution in [0.1, 0.15) is 16.8 Å². The molecule has 1 N–H and O–H groups in total. The fourth-order valence-corrected chi connectivity index (χ4v) is 2.80. The molecule has 0 bridgehead atoms. The first-order valence-corrected chi connectivity index (χ1v) is 8.20. The summed E-state index contributed by atoms with van der Waals surface area (Å²) in [4.78, 5) is 6.43. The first kappa shape index (κ1) is 18.4. The van der Waals surface area contributed by atoms with E-state index in [9.17, 15) is 0 Å². The minimum Gasteiger partial charge on any atom is -0.380 e. The molecule has 0 amide bonds. The standard InChI is InChI=1S/C18H25ClN4O/c1-20-18(23(3)12-17-9-16(19)11-22(17)2)21-10-14-5-7-15(8-6-14)13-24-4/h5-9,11H,10,12-13H2,1-4H3,(H,20,21). The zero-order valence-electron chi connectivity index (χ0n) is 14.7. The van der Waals surface area contributed by atoms with Crippen molar-refractivity contribution in [3.8, 4) is 0 Å². The van der Waals surface area contributed by atoms with Crippen molar-refractivity contribution in [1.82, 2.24) is 14.8 Å². The van der Waals surface area contributed by atoms with E-state index in [2.05, 4.69) is 39.5 Å². The van der Waals surface area contributed by atoms with Gasteiger partial charge in [0.2, 0.25) is 0 Å². The van der Waals surface area contributed by atoms with Gasteiger partial charge in [-0.3, -0.25) is 4.99 Å². The second-order valence-corrected chi connectivity index (χ2v) is 6.20. The number of hydrogen-bond donors (Lipinski definition) is 1. The van der Waals surface area contributed by atoms with E-state index in [0.717, 1.165) is 29.8 Å². The van der Waals surface area contributed by atoms with Crippen LogP contribution >= 0.6 is 11.6 Å². The fourth-order valence-electron chi connectivity index (χ4n) is 2.53. The average molecular weight is 349 g/mol. The van der Waals surface area contributed by atoms with Crippen molar-refractivity contribution in [3.63, 3.8) is 0 Å². The van der Waals surface area contributed by atoms with Gasteiger partial charge in [-0.05, 0) is 17.2 Å². The zero-order valence-corrected chi connectivity index (χ0v) is 15.5. The highest BCUT2D eigenvalue weighted by Crippen LogP contribution is 2.14. The minimum absolute atomic E-state index is 0.636. The molecule has 2 aromatic rings. The Kier molecular flexibility index (Phi) is 6.70. The second-order valence-electron chi connectivity index (χ2n) is 5.77. The number of ether oxygens (including phenoxy) is 1. The SMILES string of the molecule is CN=C(NCc1ccc(COC)cc1)N(C)Cc1cc(Cl)cn1C. The van der Waals surface area contributed by atoms with Crippen LogP contribution < -0.4 is 5.32 Å². The maximum absolute atomic E-state index is 6.04. The first-order chi connectivity index (χ1) is 11.5. The second kappa shape index (κ2) is 8.76.